The van der Waals surface area contributed by atoms with Crippen LogP contribution in [0.3, 0.4) is 0 Å². The molecule has 3 atom stereocenters. The minimum atomic E-state index is -5.23. The molecule has 21 heteroatoms. The fraction of sp³-hybridized carbons (Fsp3) is 0.433. The fourth-order valence-corrected chi connectivity index (χ4v) is 5.53. The van der Waals surface area contributed by atoms with Crippen LogP contribution in [0, 0.1) is 5.92 Å². The van der Waals surface area contributed by atoms with Crippen LogP contribution in [0.15, 0.2) is 53.7 Å². The molecule has 3 aromatic heterocycles. The van der Waals surface area contributed by atoms with Gasteiger partial charge in [-0.2, -0.15) is 26.3 Å². The van der Waals surface area contributed by atoms with E-state index in [9.17, 15) is 40.7 Å². The number of nitrogens with one attached hydrogen (secondary N) is 1. The van der Waals surface area contributed by atoms with Crippen LogP contribution in [-0.4, -0.2) is 87.6 Å². The summed E-state index contributed by atoms with van der Waals surface area (Å²) in [5.74, 6) is -3.76. The third-order valence-electron chi connectivity index (χ3n) is 7.58. The standard InChI is InChI=1S/C30H29Cl2F6N9O4/c1-28(2,3)51-27(50)44-12-17(29(33,34)35)11-20(44)25(48)41-21(30(36,37)38)13-45-23(16-6-8-18(31)9-7-16)43-46(26(45)49)14-22-40-15-47(42-22)24-19(32)5-4-10-39-24/h4-10,15,17,20-21H,11-14H2,1-3H3,(H,41,48)/t17?,20-,21?/m1/s1. The minimum Gasteiger partial charge on any atom is -0.444 e. The smallest absolute Gasteiger partial charge is 0.410 e. The lowest BCUT2D eigenvalue weighted by atomic mass is 10.0. The van der Waals surface area contributed by atoms with E-state index in [0.29, 0.717) is 9.47 Å². The van der Waals surface area contributed by atoms with Gasteiger partial charge in [-0.05, 0) is 63.6 Å². The van der Waals surface area contributed by atoms with Crippen LogP contribution in [0.1, 0.15) is 33.0 Å². The number of amides is 2. The van der Waals surface area contributed by atoms with E-state index in [1.165, 1.54) is 62.2 Å². The topological polar surface area (TPSA) is 142 Å². The third-order valence-corrected chi connectivity index (χ3v) is 8.13. The predicted octanol–water partition coefficient (Wildman–Crippen LogP) is 5.28. The lowest BCUT2D eigenvalue weighted by molar-refractivity contribution is -0.171. The lowest BCUT2D eigenvalue weighted by Crippen LogP contribution is -2.55. The zero-order valence-corrected chi connectivity index (χ0v) is 28.4. The third kappa shape index (κ3) is 8.81. The van der Waals surface area contributed by atoms with Gasteiger partial charge >= 0.3 is 24.1 Å². The van der Waals surface area contributed by atoms with Crippen molar-refractivity contribution in [2.45, 2.75) is 70.3 Å². The highest BCUT2D eigenvalue weighted by atomic mass is 35.5. The molecule has 1 fully saturated rings. The Kier molecular flexibility index (Phi) is 10.4. The Bertz CT molecular complexity index is 1950. The Labute approximate surface area is 295 Å². The molecular weight excluding hydrogens is 735 g/mol. The highest BCUT2D eigenvalue weighted by molar-refractivity contribution is 6.32. The molecule has 274 valence electrons. The fourth-order valence-electron chi connectivity index (χ4n) is 5.20. The quantitative estimate of drug-likeness (QED) is 0.239. The van der Waals surface area contributed by atoms with E-state index in [2.05, 4.69) is 20.2 Å². The number of alkyl halides is 6. The van der Waals surface area contributed by atoms with Crippen molar-refractivity contribution in [2.24, 2.45) is 5.92 Å². The van der Waals surface area contributed by atoms with E-state index in [0.717, 1.165) is 4.68 Å². The number of rotatable bonds is 8. The van der Waals surface area contributed by atoms with Gasteiger partial charge in [-0.1, -0.05) is 23.2 Å². The van der Waals surface area contributed by atoms with Crippen LogP contribution in [0.25, 0.3) is 17.2 Å². The number of halogens is 8. The van der Waals surface area contributed by atoms with E-state index in [-0.39, 0.29) is 33.1 Å². The van der Waals surface area contributed by atoms with Crippen molar-refractivity contribution in [2.75, 3.05) is 6.54 Å². The van der Waals surface area contributed by atoms with Gasteiger partial charge in [0, 0.05) is 23.3 Å². The predicted molar refractivity (Wildman–Crippen MR) is 169 cm³/mol. The monoisotopic (exact) mass is 763 g/mol. The van der Waals surface area contributed by atoms with E-state index in [1.807, 2.05) is 0 Å². The largest absolute Gasteiger partial charge is 0.444 e. The molecule has 1 aliphatic heterocycles. The number of carbonyl (C=O) groups excluding carboxylic acids is 2. The molecule has 1 N–H and O–H groups in total. The van der Waals surface area contributed by atoms with Crippen LogP contribution < -0.4 is 11.0 Å². The zero-order valence-electron chi connectivity index (χ0n) is 26.9. The number of pyridine rings is 1. The summed E-state index contributed by atoms with van der Waals surface area (Å²) in [7, 11) is 0. The summed E-state index contributed by atoms with van der Waals surface area (Å²) in [6, 6.07) is 4.00. The summed E-state index contributed by atoms with van der Waals surface area (Å²) in [5, 5.41) is 10.7. The second-order valence-electron chi connectivity index (χ2n) is 12.5. The van der Waals surface area contributed by atoms with Crippen molar-refractivity contribution in [3.8, 4) is 17.2 Å². The van der Waals surface area contributed by atoms with Gasteiger partial charge < -0.3 is 10.1 Å². The first-order chi connectivity index (χ1) is 23.7. The van der Waals surface area contributed by atoms with Crippen molar-refractivity contribution in [1.29, 1.82) is 0 Å². The normalized spacial score (nSPS) is 17.4. The molecule has 0 bridgehead atoms. The molecule has 5 rings (SSSR count). The molecule has 13 nitrogen and oxygen atoms in total. The highest BCUT2D eigenvalue weighted by Gasteiger charge is 2.53. The van der Waals surface area contributed by atoms with E-state index >= 15 is 0 Å². The van der Waals surface area contributed by atoms with Crippen LogP contribution in [0.2, 0.25) is 10.0 Å². The molecule has 2 amide bonds. The van der Waals surface area contributed by atoms with Crippen molar-refractivity contribution < 1.29 is 40.7 Å². The van der Waals surface area contributed by atoms with Gasteiger partial charge in [-0.25, -0.2) is 28.9 Å². The van der Waals surface area contributed by atoms with Gasteiger partial charge in [0.2, 0.25) is 5.91 Å². The van der Waals surface area contributed by atoms with Crippen molar-refractivity contribution in [1.82, 2.24) is 44.3 Å². The second kappa shape index (κ2) is 14.2. The number of aromatic nitrogens is 7. The minimum absolute atomic E-state index is 0.00878. The molecule has 4 aromatic rings. The van der Waals surface area contributed by atoms with Gasteiger partial charge in [0.25, 0.3) is 0 Å². The van der Waals surface area contributed by atoms with Crippen molar-refractivity contribution >= 4 is 35.2 Å². The van der Waals surface area contributed by atoms with E-state index < -0.39 is 79.7 Å². The van der Waals surface area contributed by atoms with Crippen molar-refractivity contribution in [3.05, 3.63) is 75.3 Å². The average molecular weight is 765 g/mol. The van der Waals surface area contributed by atoms with Gasteiger partial charge in [0.15, 0.2) is 17.5 Å². The van der Waals surface area contributed by atoms with Crippen LogP contribution >= 0.6 is 23.2 Å². The highest BCUT2D eigenvalue weighted by Crippen LogP contribution is 2.38. The summed E-state index contributed by atoms with van der Waals surface area (Å²) < 4.78 is 92.6. The van der Waals surface area contributed by atoms with Gasteiger partial charge in [-0.3, -0.25) is 14.3 Å². The maximum Gasteiger partial charge on any atom is 0.410 e. The number of hydrogen-bond donors (Lipinski definition) is 1. The number of carbonyl (C=O) groups is 2. The van der Waals surface area contributed by atoms with Gasteiger partial charge in [0.05, 0.1) is 17.5 Å². The number of ether oxygens (including phenoxy) is 1. The summed E-state index contributed by atoms with van der Waals surface area (Å²) in [5.41, 5.74) is -2.08. The summed E-state index contributed by atoms with van der Waals surface area (Å²) >= 11 is 12.2. The number of likely N-dealkylation sites (tertiary alicyclic amines) is 1. The Morgan fingerprint density at radius 2 is 1.71 bits per heavy atom. The van der Waals surface area contributed by atoms with Crippen LogP contribution in [0.4, 0.5) is 31.1 Å². The average Bonchev–Trinajstić information content (AvgIpc) is 3.75. The number of benzene rings is 1. The maximum atomic E-state index is 14.6. The molecule has 0 saturated carbocycles. The molecule has 1 saturated heterocycles. The van der Waals surface area contributed by atoms with E-state index in [4.69, 9.17) is 27.9 Å². The summed E-state index contributed by atoms with van der Waals surface area (Å²) in [6.07, 6.45) is -9.68. The van der Waals surface area contributed by atoms with E-state index in [1.54, 1.807) is 17.4 Å². The number of hydrogen-bond acceptors (Lipinski definition) is 8. The zero-order chi connectivity index (χ0) is 37.5. The van der Waals surface area contributed by atoms with Crippen molar-refractivity contribution in [3.63, 3.8) is 0 Å². The molecule has 0 spiro atoms. The van der Waals surface area contributed by atoms with Crippen LogP contribution in [-0.2, 0) is 22.6 Å². The first-order valence-electron chi connectivity index (χ1n) is 15.1. The SMILES string of the molecule is CC(C)(C)OC(=O)N1CC(C(F)(F)F)C[C@@H]1C(=O)NC(Cn1c(-c2ccc(Cl)cc2)nn(Cc2ncn(-c3ncccc3Cl)n2)c1=O)C(F)(F)F. The number of nitrogens with zero attached hydrogens (tertiary/aromatic N) is 8. The molecule has 2 unspecified atom stereocenters. The lowest BCUT2D eigenvalue weighted by Gasteiger charge is -2.29. The Hall–Kier alpha value is -4.65. The maximum absolute atomic E-state index is 14.6. The Morgan fingerprint density at radius 3 is 2.31 bits per heavy atom. The Morgan fingerprint density at radius 1 is 1.02 bits per heavy atom. The second-order valence-corrected chi connectivity index (χ2v) is 13.4. The van der Waals surface area contributed by atoms with Crippen LogP contribution in [0.5, 0.6) is 0 Å². The molecule has 1 aliphatic rings. The first kappa shape index (κ1) is 37.6. The molecule has 1 aromatic carbocycles. The first-order valence-corrected chi connectivity index (χ1v) is 15.9. The molecule has 51 heavy (non-hydrogen) atoms. The summed E-state index contributed by atoms with van der Waals surface area (Å²) in [4.78, 5) is 48.5. The molecule has 4 heterocycles. The van der Waals surface area contributed by atoms with Gasteiger partial charge in [0.1, 0.15) is 30.6 Å². The molecule has 0 radical (unpaired) electrons. The van der Waals surface area contributed by atoms with Gasteiger partial charge in [-0.15, -0.1) is 10.2 Å². The summed E-state index contributed by atoms with van der Waals surface area (Å²) in [6.45, 7) is 1.63. The Balaban J connectivity index is 1.47. The molecule has 0 aliphatic carbocycles. The molecular formula is C30H29Cl2F6N9O4.